The van der Waals surface area contributed by atoms with Crippen LogP contribution < -0.4 is 0 Å². The van der Waals surface area contributed by atoms with Gasteiger partial charge in [0, 0.05) is 10.8 Å². The molecule has 0 saturated heterocycles. The minimum atomic E-state index is -1.12. The van der Waals surface area contributed by atoms with Gasteiger partial charge in [-0.15, -0.1) is 0 Å². The highest BCUT2D eigenvalue weighted by Gasteiger charge is 2.15. The third kappa shape index (κ3) is 3.71. The van der Waals surface area contributed by atoms with Gasteiger partial charge in [0.2, 0.25) is 0 Å². The van der Waals surface area contributed by atoms with Crippen LogP contribution in [-0.2, 0) is 0 Å². The molecule has 1 aromatic heterocycles. The molecule has 4 aromatic carbocycles. The number of hydrogen-bond donors (Lipinski definition) is 0. The first-order valence-electron chi connectivity index (χ1n) is 9.94. The predicted octanol–water partition coefficient (Wildman–Crippen LogP) is 8.06. The lowest BCUT2D eigenvalue weighted by molar-refractivity contribution is 0.602. The van der Waals surface area contributed by atoms with E-state index < -0.39 is 10.8 Å². The van der Waals surface area contributed by atoms with Gasteiger partial charge in [0.05, 0.1) is 0 Å². The first kappa shape index (κ1) is 18.6. The highest BCUT2D eigenvalue weighted by molar-refractivity contribution is 7.37. The Balaban J connectivity index is 1.55. The topological polar surface area (TPSA) is 23.1 Å². The van der Waals surface area contributed by atoms with Crippen molar-refractivity contribution in [2.45, 2.75) is 0 Å². The first-order valence-corrected chi connectivity index (χ1v) is 11.1. The summed E-state index contributed by atoms with van der Waals surface area (Å²) in [6.07, 6.45) is 8.42. The van der Waals surface area contributed by atoms with Crippen molar-refractivity contribution >= 4 is 55.2 Å². The van der Waals surface area contributed by atoms with Crippen LogP contribution in [0.4, 0.5) is 0 Å². The molecule has 1 nitrogen and oxygen atoms in total. The van der Waals surface area contributed by atoms with E-state index in [-0.39, 0.29) is 0 Å². The lowest BCUT2D eigenvalue weighted by Crippen LogP contribution is -1.75. The second-order valence-corrected chi connectivity index (χ2v) is 8.69. The highest BCUT2D eigenvalue weighted by Crippen LogP contribution is 2.41. The smallest absolute Gasteiger partial charge is 0.180 e. The number of fused-ring (bicyclic) bond motifs is 3. The van der Waals surface area contributed by atoms with Crippen LogP contribution in [0.25, 0.3) is 44.5 Å². The molecule has 0 aliphatic rings. The molecule has 1 heterocycles. The summed E-state index contributed by atoms with van der Waals surface area (Å²) in [5.41, 5.74) is 4.53. The average molecular weight is 405 g/mol. The van der Waals surface area contributed by atoms with Crippen LogP contribution in [0.3, 0.4) is 0 Å². The fourth-order valence-corrected chi connectivity index (χ4v) is 5.04. The predicted molar refractivity (Wildman–Crippen MR) is 131 cm³/mol. The van der Waals surface area contributed by atoms with Crippen LogP contribution in [0.5, 0.6) is 0 Å². The van der Waals surface area contributed by atoms with E-state index in [9.17, 15) is 4.55 Å². The van der Waals surface area contributed by atoms with Gasteiger partial charge in [-0.05, 0) is 69.4 Å². The summed E-state index contributed by atoms with van der Waals surface area (Å²) in [4.78, 5) is 0. The quantitative estimate of drug-likeness (QED) is 0.219. The third-order valence-electron chi connectivity index (χ3n) is 5.23. The van der Waals surface area contributed by atoms with E-state index in [0.29, 0.717) is 0 Å². The fraction of sp³-hybridized carbons (Fsp3) is 0. The lowest BCUT2D eigenvalue weighted by atomic mass is 10.1. The van der Waals surface area contributed by atoms with Gasteiger partial charge in [-0.1, -0.05) is 85.0 Å². The van der Waals surface area contributed by atoms with Crippen molar-refractivity contribution in [3.63, 3.8) is 0 Å². The van der Waals surface area contributed by atoms with Gasteiger partial charge in [0.15, 0.2) is 9.40 Å². The van der Waals surface area contributed by atoms with Gasteiger partial charge in [-0.2, -0.15) is 0 Å². The van der Waals surface area contributed by atoms with E-state index in [1.54, 1.807) is 0 Å². The zero-order valence-electron chi connectivity index (χ0n) is 16.4. The SMILES string of the molecule is [O-][s+]1c2ccc(C=Cc3ccccc3)cc2c2cc(C=Cc3ccccc3)ccc21. The monoisotopic (exact) mass is 404 g/mol. The van der Waals surface area contributed by atoms with E-state index in [1.165, 1.54) is 0 Å². The van der Waals surface area contributed by atoms with E-state index in [0.717, 1.165) is 42.4 Å². The molecular weight excluding hydrogens is 384 g/mol. The Morgan fingerprint density at radius 2 is 0.867 bits per heavy atom. The number of rotatable bonds is 4. The van der Waals surface area contributed by atoms with Crippen LogP contribution in [0, 0.1) is 0 Å². The second kappa shape index (κ2) is 8.11. The third-order valence-corrected chi connectivity index (χ3v) is 6.74. The lowest BCUT2D eigenvalue weighted by Gasteiger charge is -1.96. The molecule has 0 unspecified atom stereocenters. The summed E-state index contributed by atoms with van der Waals surface area (Å²) >= 11 is 0. The summed E-state index contributed by atoms with van der Waals surface area (Å²) in [7, 11) is -1.12. The van der Waals surface area contributed by atoms with Crippen LogP contribution in [0.15, 0.2) is 97.1 Å². The Kier molecular flexibility index (Phi) is 5.02. The number of hydrogen-bond acceptors (Lipinski definition) is 1. The molecule has 5 aromatic rings. The van der Waals surface area contributed by atoms with Gasteiger partial charge >= 0.3 is 0 Å². The van der Waals surface area contributed by atoms with Gasteiger partial charge in [0.1, 0.15) is 0 Å². The summed E-state index contributed by atoms with van der Waals surface area (Å²) in [5, 5.41) is 2.13. The molecular formula is C28H20OS. The number of benzene rings is 4. The fourth-order valence-electron chi connectivity index (χ4n) is 3.68. The summed E-state index contributed by atoms with van der Waals surface area (Å²) in [6, 6.07) is 32.9. The summed E-state index contributed by atoms with van der Waals surface area (Å²) in [5.74, 6) is 0. The Hall–Kier alpha value is -3.46. The molecule has 0 atom stereocenters. The Morgan fingerprint density at radius 1 is 0.467 bits per heavy atom. The molecule has 0 N–H and O–H groups in total. The zero-order chi connectivity index (χ0) is 20.3. The van der Waals surface area contributed by atoms with Crippen molar-refractivity contribution < 1.29 is 4.55 Å². The maximum absolute atomic E-state index is 12.9. The average Bonchev–Trinajstić information content (AvgIpc) is 3.09. The molecule has 0 radical (unpaired) electrons. The molecule has 0 bridgehead atoms. The number of thiophene rings is 1. The highest BCUT2D eigenvalue weighted by atomic mass is 32.2. The van der Waals surface area contributed by atoms with Gasteiger partial charge in [-0.3, -0.25) is 0 Å². The Labute approximate surface area is 179 Å². The molecule has 0 saturated carbocycles. The van der Waals surface area contributed by atoms with Crippen LogP contribution in [0.2, 0.25) is 0 Å². The first-order chi connectivity index (χ1) is 14.8. The minimum absolute atomic E-state index is 0.894. The minimum Gasteiger partial charge on any atom is -0.590 e. The summed E-state index contributed by atoms with van der Waals surface area (Å²) < 4.78 is 14.7. The molecule has 144 valence electrons. The van der Waals surface area contributed by atoms with Crippen molar-refractivity contribution in [1.82, 2.24) is 0 Å². The van der Waals surface area contributed by atoms with Gasteiger partial charge < -0.3 is 4.55 Å². The Morgan fingerprint density at radius 3 is 1.30 bits per heavy atom. The van der Waals surface area contributed by atoms with Crippen molar-refractivity contribution in [3.05, 3.63) is 119 Å². The van der Waals surface area contributed by atoms with E-state index in [4.69, 9.17) is 0 Å². The largest absolute Gasteiger partial charge is 0.590 e. The van der Waals surface area contributed by atoms with Gasteiger partial charge in [0.25, 0.3) is 0 Å². The molecule has 5 rings (SSSR count). The molecule has 0 aliphatic heterocycles. The maximum atomic E-state index is 12.9. The maximum Gasteiger partial charge on any atom is 0.180 e. The van der Waals surface area contributed by atoms with E-state index in [1.807, 2.05) is 60.7 Å². The molecule has 0 aliphatic carbocycles. The van der Waals surface area contributed by atoms with Crippen molar-refractivity contribution in [3.8, 4) is 0 Å². The molecule has 0 amide bonds. The normalized spacial score (nSPS) is 12.5. The van der Waals surface area contributed by atoms with Crippen LogP contribution >= 0.6 is 10.8 Å². The van der Waals surface area contributed by atoms with Crippen molar-refractivity contribution in [1.29, 1.82) is 0 Å². The Bertz CT molecular complexity index is 1270. The van der Waals surface area contributed by atoms with E-state index >= 15 is 0 Å². The van der Waals surface area contributed by atoms with E-state index in [2.05, 4.69) is 60.7 Å². The zero-order valence-corrected chi connectivity index (χ0v) is 17.2. The summed E-state index contributed by atoms with van der Waals surface area (Å²) in [6.45, 7) is 0. The molecule has 30 heavy (non-hydrogen) atoms. The van der Waals surface area contributed by atoms with Gasteiger partial charge in [-0.25, -0.2) is 0 Å². The van der Waals surface area contributed by atoms with Crippen molar-refractivity contribution in [2.75, 3.05) is 0 Å². The molecule has 0 fully saturated rings. The second-order valence-electron chi connectivity index (χ2n) is 7.27. The molecule has 2 heteroatoms. The van der Waals surface area contributed by atoms with Crippen LogP contribution in [0.1, 0.15) is 22.3 Å². The molecule has 0 spiro atoms. The van der Waals surface area contributed by atoms with Crippen molar-refractivity contribution in [2.24, 2.45) is 0 Å². The standard InChI is InChI=1S/C28H20OS/c29-30-27-17-15-23(13-11-21-7-3-1-4-8-21)19-25(27)26-20-24(16-18-28(26)30)14-12-22-9-5-2-6-10-22/h1-20H. The van der Waals surface area contributed by atoms with Crippen LogP contribution in [-0.4, -0.2) is 4.55 Å².